The van der Waals surface area contributed by atoms with Gasteiger partial charge in [0, 0.05) is 10.7 Å². The van der Waals surface area contributed by atoms with Crippen LogP contribution in [0.1, 0.15) is 22.3 Å². The summed E-state index contributed by atoms with van der Waals surface area (Å²) in [4.78, 5) is 28.3. The number of benzene rings is 3. The summed E-state index contributed by atoms with van der Waals surface area (Å²) >= 11 is 6.04. The van der Waals surface area contributed by atoms with Crippen LogP contribution in [0.5, 0.6) is 0 Å². The van der Waals surface area contributed by atoms with Crippen molar-refractivity contribution >= 4 is 40.4 Å². The summed E-state index contributed by atoms with van der Waals surface area (Å²) < 4.78 is 0. The van der Waals surface area contributed by atoms with Gasteiger partial charge < -0.3 is 5.32 Å². The van der Waals surface area contributed by atoms with E-state index >= 15 is 0 Å². The molecule has 0 saturated heterocycles. The molecule has 0 bridgehead atoms. The Morgan fingerprint density at radius 1 is 0.800 bits per heavy atom. The Morgan fingerprint density at radius 3 is 2.20 bits per heavy atom. The zero-order valence-electron chi connectivity index (χ0n) is 17.0. The van der Waals surface area contributed by atoms with Crippen LogP contribution in [-0.4, -0.2) is 11.8 Å². The quantitative estimate of drug-likeness (QED) is 0.558. The van der Waals surface area contributed by atoms with Crippen molar-refractivity contribution in [3.63, 3.8) is 0 Å². The van der Waals surface area contributed by atoms with E-state index in [1.807, 2.05) is 63.2 Å². The van der Waals surface area contributed by atoms with E-state index < -0.39 is 0 Å². The lowest BCUT2D eigenvalue weighted by atomic mass is 10.0. The molecule has 4 nitrogen and oxygen atoms in total. The molecule has 1 aliphatic rings. The molecule has 5 heteroatoms. The molecule has 0 atom stereocenters. The monoisotopic (exact) mass is 416 g/mol. The summed E-state index contributed by atoms with van der Waals surface area (Å²) in [6.45, 7) is 5.78. The molecule has 0 aromatic heterocycles. The van der Waals surface area contributed by atoms with E-state index in [-0.39, 0.29) is 17.5 Å². The second kappa shape index (κ2) is 7.81. The van der Waals surface area contributed by atoms with Crippen LogP contribution in [0.3, 0.4) is 0 Å². The fourth-order valence-corrected chi connectivity index (χ4v) is 3.68. The third-order valence-corrected chi connectivity index (χ3v) is 5.48. The molecule has 1 heterocycles. The molecule has 3 aromatic rings. The third kappa shape index (κ3) is 3.51. The molecule has 0 saturated carbocycles. The van der Waals surface area contributed by atoms with Gasteiger partial charge in [0.2, 0.25) is 0 Å². The van der Waals surface area contributed by atoms with E-state index in [0.29, 0.717) is 21.8 Å². The number of para-hydroxylation sites is 1. The Kier molecular flexibility index (Phi) is 5.18. The van der Waals surface area contributed by atoms with Crippen LogP contribution in [0.4, 0.5) is 11.4 Å². The number of nitrogens with one attached hydrogen (secondary N) is 1. The van der Waals surface area contributed by atoms with Crippen molar-refractivity contribution < 1.29 is 9.59 Å². The van der Waals surface area contributed by atoms with Gasteiger partial charge in [-0.05, 0) is 67.3 Å². The first-order valence-electron chi connectivity index (χ1n) is 9.65. The zero-order chi connectivity index (χ0) is 21.4. The Hall–Kier alpha value is -3.37. The Labute approximate surface area is 180 Å². The van der Waals surface area contributed by atoms with Crippen molar-refractivity contribution in [1.29, 1.82) is 0 Å². The van der Waals surface area contributed by atoms with Crippen molar-refractivity contribution in [3.8, 4) is 0 Å². The predicted molar refractivity (Wildman–Crippen MR) is 122 cm³/mol. The summed E-state index contributed by atoms with van der Waals surface area (Å²) in [6.07, 6.45) is 0. The smallest absolute Gasteiger partial charge is 0.282 e. The van der Waals surface area contributed by atoms with Crippen molar-refractivity contribution in [3.05, 3.63) is 99.7 Å². The highest BCUT2D eigenvalue weighted by atomic mass is 35.5. The van der Waals surface area contributed by atoms with Crippen LogP contribution < -0.4 is 10.2 Å². The lowest BCUT2D eigenvalue weighted by Gasteiger charge is -2.18. The number of hydrogen-bond donors (Lipinski definition) is 1. The van der Waals surface area contributed by atoms with E-state index in [1.165, 1.54) is 4.90 Å². The van der Waals surface area contributed by atoms with Gasteiger partial charge in [0.1, 0.15) is 5.70 Å². The standard InChI is InChI=1S/C25H21ClN2O2/c1-15-8-9-17(3)21(14-15)28-24(29)22(18-10-12-19(26)13-11-18)23(25(28)30)27-20-7-5-4-6-16(20)2/h4-14,27H,1-3H3. The Bertz CT molecular complexity index is 1200. The zero-order valence-corrected chi connectivity index (χ0v) is 17.7. The second-order valence-electron chi connectivity index (χ2n) is 7.43. The van der Waals surface area contributed by atoms with Crippen LogP contribution in [0.15, 0.2) is 72.4 Å². The number of amides is 2. The van der Waals surface area contributed by atoms with Gasteiger partial charge in [-0.2, -0.15) is 0 Å². The molecular weight excluding hydrogens is 396 g/mol. The average Bonchev–Trinajstić information content (AvgIpc) is 2.96. The number of imide groups is 1. The largest absolute Gasteiger partial charge is 0.350 e. The number of aryl methyl sites for hydroxylation is 3. The lowest BCUT2D eigenvalue weighted by molar-refractivity contribution is -0.120. The highest BCUT2D eigenvalue weighted by Gasteiger charge is 2.41. The van der Waals surface area contributed by atoms with Crippen LogP contribution in [0.2, 0.25) is 5.02 Å². The topological polar surface area (TPSA) is 49.4 Å². The summed E-state index contributed by atoms with van der Waals surface area (Å²) in [6, 6.07) is 20.4. The van der Waals surface area contributed by atoms with Gasteiger partial charge in [-0.3, -0.25) is 9.59 Å². The molecule has 0 unspecified atom stereocenters. The van der Waals surface area contributed by atoms with E-state index in [1.54, 1.807) is 24.3 Å². The summed E-state index contributed by atoms with van der Waals surface area (Å²) in [5.74, 6) is -0.728. The van der Waals surface area contributed by atoms with Crippen molar-refractivity contribution in [2.75, 3.05) is 10.2 Å². The lowest BCUT2D eigenvalue weighted by Crippen LogP contribution is -2.33. The average molecular weight is 417 g/mol. The minimum atomic E-state index is -0.373. The first-order valence-corrected chi connectivity index (χ1v) is 10.0. The van der Waals surface area contributed by atoms with Gasteiger partial charge in [-0.1, -0.05) is 54.1 Å². The van der Waals surface area contributed by atoms with Gasteiger partial charge in [0.15, 0.2) is 0 Å². The molecule has 2 amide bonds. The molecule has 0 radical (unpaired) electrons. The maximum atomic E-state index is 13.5. The predicted octanol–water partition coefficient (Wildman–Crippen LogP) is 5.66. The molecule has 0 spiro atoms. The maximum absolute atomic E-state index is 13.5. The maximum Gasteiger partial charge on any atom is 0.282 e. The highest BCUT2D eigenvalue weighted by molar-refractivity contribution is 6.46. The number of carbonyl (C=O) groups is 2. The van der Waals surface area contributed by atoms with Crippen molar-refractivity contribution in [1.82, 2.24) is 0 Å². The van der Waals surface area contributed by atoms with E-state index in [2.05, 4.69) is 5.32 Å². The van der Waals surface area contributed by atoms with Gasteiger partial charge in [0.25, 0.3) is 11.8 Å². The Morgan fingerprint density at radius 2 is 1.50 bits per heavy atom. The molecule has 150 valence electrons. The first-order chi connectivity index (χ1) is 14.4. The van der Waals surface area contributed by atoms with Crippen LogP contribution in [-0.2, 0) is 9.59 Å². The van der Waals surface area contributed by atoms with Gasteiger partial charge in [0.05, 0.1) is 11.3 Å². The third-order valence-electron chi connectivity index (χ3n) is 5.23. The van der Waals surface area contributed by atoms with E-state index in [4.69, 9.17) is 11.6 Å². The van der Waals surface area contributed by atoms with Crippen LogP contribution in [0, 0.1) is 20.8 Å². The van der Waals surface area contributed by atoms with Gasteiger partial charge in [-0.15, -0.1) is 0 Å². The van der Waals surface area contributed by atoms with Crippen LogP contribution in [0.25, 0.3) is 5.57 Å². The summed E-state index contributed by atoms with van der Waals surface area (Å²) in [7, 11) is 0. The Balaban J connectivity index is 1.87. The second-order valence-corrected chi connectivity index (χ2v) is 7.87. The number of rotatable bonds is 4. The van der Waals surface area contributed by atoms with Crippen molar-refractivity contribution in [2.45, 2.75) is 20.8 Å². The van der Waals surface area contributed by atoms with Crippen LogP contribution >= 0.6 is 11.6 Å². The van der Waals surface area contributed by atoms with Gasteiger partial charge in [-0.25, -0.2) is 4.90 Å². The minimum Gasteiger partial charge on any atom is -0.350 e. The highest BCUT2D eigenvalue weighted by Crippen LogP contribution is 2.36. The summed E-state index contributed by atoms with van der Waals surface area (Å²) in [5, 5.41) is 3.79. The number of halogens is 1. The molecule has 1 N–H and O–H groups in total. The molecular formula is C25H21ClN2O2. The number of carbonyl (C=O) groups excluding carboxylic acids is 2. The number of anilines is 2. The number of nitrogens with zero attached hydrogens (tertiary/aromatic N) is 1. The molecule has 3 aromatic carbocycles. The number of hydrogen-bond acceptors (Lipinski definition) is 3. The first kappa shape index (κ1) is 19.9. The minimum absolute atomic E-state index is 0.262. The van der Waals surface area contributed by atoms with Crippen molar-refractivity contribution in [2.24, 2.45) is 0 Å². The normalized spacial score (nSPS) is 13.9. The van der Waals surface area contributed by atoms with E-state index in [9.17, 15) is 9.59 Å². The summed E-state index contributed by atoms with van der Waals surface area (Å²) in [5.41, 5.74) is 5.42. The van der Waals surface area contributed by atoms with Gasteiger partial charge >= 0.3 is 0 Å². The SMILES string of the molecule is Cc1ccc(C)c(N2C(=O)C(Nc3ccccc3C)=C(c3ccc(Cl)cc3)C2=O)c1. The molecule has 1 aliphatic heterocycles. The molecule has 4 rings (SSSR count). The molecule has 0 fully saturated rings. The fourth-order valence-electron chi connectivity index (χ4n) is 3.56. The fraction of sp³-hybridized carbons (Fsp3) is 0.120. The molecule has 0 aliphatic carbocycles. The van der Waals surface area contributed by atoms with E-state index in [0.717, 1.165) is 22.4 Å². The molecule has 30 heavy (non-hydrogen) atoms.